The molecule has 0 aromatic carbocycles. The van der Waals surface area contributed by atoms with E-state index in [2.05, 4.69) is 6.92 Å². The van der Waals surface area contributed by atoms with Gasteiger partial charge in [-0.15, -0.1) is 0 Å². The van der Waals surface area contributed by atoms with Crippen LogP contribution in [0.2, 0.25) is 0 Å². The summed E-state index contributed by atoms with van der Waals surface area (Å²) in [5, 5.41) is 43.9. The Morgan fingerprint density at radius 3 is 2.62 bits per heavy atom. The van der Waals surface area contributed by atoms with E-state index in [1.807, 2.05) is 0 Å². The Morgan fingerprint density at radius 2 is 1.93 bits per heavy atom. The molecule has 6 heteroatoms. The van der Waals surface area contributed by atoms with Gasteiger partial charge in [0.1, 0.15) is 6.61 Å². The Hall–Kier alpha value is -0.950. The lowest BCUT2D eigenvalue weighted by atomic mass is 9.43. The van der Waals surface area contributed by atoms with Crippen LogP contribution in [0, 0.1) is 34.5 Å². The van der Waals surface area contributed by atoms with Gasteiger partial charge in [0.15, 0.2) is 0 Å². The van der Waals surface area contributed by atoms with Gasteiger partial charge in [-0.2, -0.15) is 0 Å². The first-order chi connectivity index (χ1) is 13.7. The Labute approximate surface area is 172 Å². The Balaban J connectivity index is 1.51. The van der Waals surface area contributed by atoms with E-state index in [9.17, 15) is 25.2 Å². The maximum Gasteiger partial charge on any atom is 0.331 e. The summed E-state index contributed by atoms with van der Waals surface area (Å²) in [7, 11) is 0. The average molecular weight is 407 g/mol. The SMILES string of the molecule is C[C@]12CC[C@H]3[C@@H](CC[C@@H]4C[C@@H](O)CC[C@@]43CO)[C@@]1(O)C[C@H](O)[C@@H]2C1=CC(=O)OC1. The largest absolute Gasteiger partial charge is 0.458 e. The summed E-state index contributed by atoms with van der Waals surface area (Å²) < 4.78 is 5.12. The number of hydrogen-bond acceptors (Lipinski definition) is 6. The molecule has 1 aliphatic heterocycles. The summed E-state index contributed by atoms with van der Waals surface area (Å²) in [6.07, 6.45) is 6.55. The number of rotatable bonds is 2. The average Bonchev–Trinajstić information content (AvgIpc) is 3.18. The Kier molecular flexibility index (Phi) is 4.49. The maximum atomic E-state index is 12.1. The molecule has 9 atom stereocenters. The zero-order valence-corrected chi connectivity index (χ0v) is 17.2. The number of aliphatic hydroxyl groups excluding tert-OH is 3. The molecule has 0 saturated heterocycles. The molecular formula is C23H34O6. The van der Waals surface area contributed by atoms with E-state index in [1.54, 1.807) is 0 Å². The highest BCUT2D eigenvalue weighted by atomic mass is 16.5. The molecule has 4 fully saturated rings. The van der Waals surface area contributed by atoms with Crippen LogP contribution in [-0.4, -0.2) is 57.4 Å². The highest BCUT2D eigenvalue weighted by molar-refractivity contribution is 5.85. The fourth-order valence-electron chi connectivity index (χ4n) is 8.57. The molecule has 6 nitrogen and oxygen atoms in total. The van der Waals surface area contributed by atoms with Crippen LogP contribution in [0.25, 0.3) is 0 Å². The molecule has 4 saturated carbocycles. The number of ether oxygens (including phenoxy) is 1. The highest BCUT2D eigenvalue weighted by Crippen LogP contribution is 2.69. The predicted octanol–water partition coefficient (Wildman–Crippen LogP) is 1.55. The molecule has 5 aliphatic rings. The van der Waals surface area contributed by atoms with Crippen molar-refractivity contribution < 1.29 is 30.0 Å². The number of fused-ring (bicyclic) bond motifs is 5. The summed E-state index contributed by atoms with van der Waals surface area (Å²) in [6.45, 7) is 2.40. The van der Waals surface area contributed by atoms with Crippen LogP contribution in [0.1, 0.15) is 58.3 Å². The van der Waals surface area contributed by atoms with Crippen molar-refractivity contribution in [3.63, 3.8) is 0 Å². The molecule has 162 valence electrons. The molecule has 4 aliphatic carbocycles. The first kappa shape index (κ1) is 20.0. The van der Waals surface area contributed by atoms with Gasteiger partial charge in [-0.05, 0) is 73.7 Å². The van der Waals surface area contributed by atoms with E-state index in [0.29, 0.717) is 18.8 Å². The summed E-state index contributed by atoms with van der Waals surface area (Å²) in [5.41, 5.74) is -0.944. The fraction of sp³-hybridized carbons (Fsp3) is 0.870. The number of cyclic esters (lactones) is 1. The minimum Gasteiger partial charge on any atom is -0.458 e. The van der Waals surface area contributed by atoms with E-state index < -0.39 is 17.1 Å². The van der Waals surface area contributed by atoms with Crippen LogP contribution in [0.4, 0.5) is 0 Å². The fourth-order valence-corrected chi connectivity index (χ4v) is 8.57. The van der Waals surface area contributed by atoms with Gasteiger partial charge in [0.25, 0.3) is 0 Å². The molecule has 0 unspecified atom stereocenters. The number of esters is 1. The molecule has 0 aromatic heterocycles. The van der Waals surface area contributed by atoms with E-state index in [0.717, 1.165) is 44.1 Å². The van der Waals surface area contributed by atoms with Gasteiger partial charge in [-0.3, -0.25) is 0 Å². The summed E-state index contributed by atoms with van der Waals surface area (Å²) in [5.74, 6) is -0.0937. The van der Waals surface area contributed by atoms with Gasteiger partial charge >= 0.3 is 5.97 Å². The minimum absolute atomic E-state index is 0.0261. The Bertz CT molecular complexity index is 735. The second kappa shape index (κ2) is 6.52. The molecule has 4 N–H and O–H groups in total. The van der Waals surface area contributed by atoms with Gasteiger partial charge in [0.2, 0.25) is 0 Å². The van der Waals surface area contributed by atoms with Crippen molar-refractivity contribution in [2.75, 3.05) is 13.2 Å². The monoisotopic (exact) mass is 406 g/mol. The van der Waals surface area contributed by atoms with Gasteiger partial charge < -0.3 is 25.2 Å². The molecule has 1 heterocycles. The molecule has 0 amide bonds. The Morgan fingerprint density at radius 1 is 1.14 bits per heavy atom. The van der Waals surface area contributed by atoms with Crippen LogP contribution in [0.15, 0.2) is 11.6 Å². The molecule has 0 aromatic rings. The zero-order valence-electron chi connectivity index (χ0n) is 17.2. The van der Waals surface area contributed by atoms with Crippen molar-refractivity contribution in [2.24, 2.45) is 34.5 Å². The van der Waals surface area contributed by atoms with Crippen LogP contribution in [0.3, 0.4) is 0 Å². The smallest absolute Gasteiger partial charge is 0.331 e. The third-order valence-electron chi connectivity index (χ3n) is 9.91. The van der Waals surface area contributed by atoms with Crippen LogP contribution in [-0.2, 0) is 9.53 Å². The summed E-state index contributed by atoms with van der Waals surface area (Å²) in [6, 6.07) is 0. The minimum atomic E-state index is -1.02. The van der Waals surface area contributed by atoms with E-state index in [4.69, 9.17) is 4.74 Å². The summed E-state index contributed by atoms with van der Waals surface area (Å²) in [4.78, 5) is 11.7. The molecule has 0 spiro atoms. The molecule has 0 radical (unpaired) electrons. The third kappa shape index (κ3) is 2.52. The van der Waals surface area contributed by atoms with Crippen molar-refractivity contribution in [2.45, 2.75) is 76.1 Å². The molecule has 29 heavy (non-hydrogen) atoms. The quantitative estimate of drug-likeness (QED) is 0.519. The predicted molar refractivity (Wildman–Crippen MR) is 105 cm³/mol. The van der Waals surface area contributed by atoms with Crippen LogP contribution >= 0.6 is 0 Å². The lowest BCUT2D eigenvalue weighted by molar-refractivity contribution is -0.219. The number of carbonyl (C=O) groups excluding carboxylic acids is 1. The molecular weight excluding hydrogens is 372 g/mol. The van der Waals surface area contributed by atoms with E-state index >= 15 is 0 Å². The normalized spacial score (nSPS) is 54.2. The van der Waals surface area contributed by atoms with E-state index in [1.165, 1.54) is 6.08 Å². The molecule has 5 rings (SSSR count). The number of aliphatic hydroxyl groups is 4. The highest BCUT2D eigenvalue weighted by Gasteiger charge is 2.70. The maximum absolute atomic E-state index is 12.1. The van der Waals surface area contributed by atoms with E-state index in [-0.39, 0.29) is 48.5 Å². The van der Waals surface area contributed by atoms with Crippen LogP contribution in [0.5, 0.6) is 0 Å². The van der Waals surface area contributed by atoms with Crippen molar-refractivity contribution in [3.8, 4) is 0 Å². The van der Waals surface area contributed by atoms with Crippen molar-refractivity contribution >= 4 is 5.97 Å². The first-order valence-corrected chi connectivity index (χ1v) is 11.3. The lowest BCUT2D eigenvalue weighted by Gasteiger charge is -2.64. The van der Waals surface area contributed by atoms with Gasteiger partial charge in [0, 0.05) is 30.4 Å². The van der Waals surface area contributed by atoms with Crippen LogP contribution < -0.4 is 0 Å². The lowest BCUT2D eigenvalue weighted by Crippen LogP contribution is -2.63. The van der Waals surface area contributed by atoms with Crippen molar-refractivity contribution in [1.29, 1.82) is 0 Å². The number of carbonyl (C=O) groups is 1. The first-order valence-electron chi connectivity index (χ1n) is 11.3. The molecule has 0 bridgehead atoms. The summed E-state index contributed by atoms with van der Waals surface area (Å²) >= 11 is 0. The zero-order chi connectivity index (χ0) is 20.6. The van der Waals surface area contributed by atoms with Crippen molar-refractivity contribution in [1.82, 2.24) is 0 Å². The second-order valence-electron chi connectivity index (χ2n) is 10.8. The topological polar surface area (TPSA) is 107 Å². The van der Waals surface area contributed by atoms with Gasteiger partial charge in [-0.25, -0.2) is 4.79 Å². The van der Waals surface area contributed by atoms with Crippen molar-refractivity contribution in [3.05, 3.63) is 11.6 Å². The van der Waals surface area contributed by atoms with Gasteiger partial charge in [0.05, 0.1) is 17.8 Å². The second-order valence-corrected chi connectivity index (χ2v) is 10.8. The third-order valence-corrected chi connectivity index (χ3v) is 9.91. The number of hydrogen-bond donors (Lipinski definition) is 4. The standard InChI is InChI=1S/C23H34O6/c1-21-6-5-16-17(3-2-14-9-15(25)4-7-22(14,16)12-24)23(21,28)10-18(26)20(21)13-8-19(27)29-11-13/h8,14-18,20,24-26,28H,2-7,9-12H2,1H3/t14-,15+,16+,17-,18+,20+,21-,22-,23+/m1/s1. The van der Waals surface area contributed by atoms with Gasteiger partial charge in [-0.1, -0.05) is 6.92 Å².